The summed E-state index contributed by atoms with van der Waals surface area (Å²) >= 11 is 0. The van der Waals surface area contributed by atoms with Crippen LogP contribution >= 0.6 is 0 Å². The van der Waals surface area contributed by atoms with Gasteiger partial charge >= 0.3 is 5.97 Å². The van der Waals surface area contributed by atoms with Crippen LogP contribution < -0.4 is 10.9 Å². The van der Waals surface area contributed by atoms with E-state index in [2.05, 4.69) is 10.3 Å². The van der Waals surface area contributed by atoms with Crippen LogP contribution in [0, 0.1) is 0 Å². The normalized spacial score (nSPS) is 10.3. The largest absolute Gasteiger partial charge is 0.454 e. The van der Waals surface area contributed by atoms with E-state index in [1.165, 1.54) is 20.4 Å². The molecule has 0 bridgehead atoms. The summed E-state index contributed by atoms with van der Waals surface area (Å²) in [6.07, 6.45) is 1.26. The first-order valence-corrected chi connectivity index (χ1v) is 7.46. The van der Waals surface area contributed by atoms with Crippen molar-refractivity contribution in [3.8, 4) is 0 Å². The highest BCUT2D eigenvalue weighted by molar-refractivity contribution is 5.86. The molecular formula is C16H18N4O5. The predicted molar refractivity (Wildman–Crippen MR) is 88.7 cm³/mol. The van der Waals surface area contributed by atoms with Crippen LogP contribution in [-0.4, -0.2) is 59.5 Å². The Morgan fingerprint density at radius 2 is 2.00 bits per heavy atom. The van der Waals surface area contributed by atoms with Crippen molar-refractivity contribution >= 4 is 28.7 Å². The van der Waals surface area contributed by atoms with Gasteiger partial charge in [0.05, 0.1) is 23.8 Å². The SMILES string of the molecule is CNC(=O)CN(C)C(=O)COC(=O)Cn1cnc2ccccc2c1=O. The lowest BCUT2D eigenvalue weighted by Crippen LogP contribution is -2.39. The molecule has 2 aromatic rings. The molecule has 0 aliphatic carbocycles. The number of rotatable bonds is 6. The van der Waals surface area contributed by atoms with E-state index in [0.29, 0.717) is 10.9 Å². The fourth-order valence-corrected chi connectivity index (χ4v) is 2.04. The van der Waals surface area contributed by atoms with Gasteiger partial charge in [-0.05, 0) is 12.1 Å². The van der Waals surface area contributed by atoms with Gasteiger partial charge in [0.2, 0.25) is 5.91 Å². The minimum Gasteiger partial charge on any atom is -0.454 e. The fourth-order valence-electron chi connectivity index (χ4n) is 2.04. The summed E-state index contributed by atoms with van der Waals surface area (Å²) < 4.78 is 5.98. The maximum Gasteiger partial charge on any atom is 0.326 e. The van der Waals surface area contributed by atoms with Crippen molar-refractivity contribution in [3.63, 3.8) is 0 Å². The Balaban J connectivity index is 1.95. The second kappa shape index (κ2) is 8.04. The molecule has 0 radical (unpaired) electrons. The maximum atomic E-state index is 12.3. The van der Waals surface area contributed by atoms with E-state index in [-0.39, 0.29) is 24.6 Å². The van der Waals surface area contributed by atoms with Gasteiger partial charge in [0.15, 0.2) is 6.61 Å². The summed E-state index contributed by atoms with van der Waals surface area (Å²) in [7, 11) is 2.87. The highest BCUT2D eigenvalue weighted by Crippen LogP contribution is 2.04. The molecule has 2 amide bonds. The number of ether oxygens (including phenoxy) is 1. The number of aromatic nitrogens is 2. The van der Waals surface area contributed by atoms with Gasteiger partial charge in [0.25, 0.3) is 11.5 Å². The van der Waals surface area contributed by atoms with E-state index < -0.39 is 18.5 Å². The third-order valence-electron chi connectivity index (χ3n) is 3.47. The molecule has 25 heavy (non-hydrogen) atoms. The second-order valence-electron chi connectivity index (χ2n) is 5.28. The van der Waals surface area contributed by atoms with Gasteiger partial charge in [0.1, 0.15) is 6.54 Å². The number of amides is 2. The Bertz CT molecular complexity index is 861. The zero-order valence-electron chi connectivity index (χ0n) is 13.9. The van der Waals surface area contributed by atoms with Crippen LogP contribution in [0.5, 0.6) is 0 Å². The summed E-state index contributed by atoms with van der Waals surface area (Å²) in [5.41, 5.74) is 0.161. The quantitative estimate of drug-likeness (QED) is 0.682. The predicted octanol–water partition coefficient (Wildman–Crippen LogP) is -0.856. The van der Waals surface area contributed by atoms with E-state index in [0.717, 1.165) is 9.47 Å². The molecule has 0 atom stereocenters. The summed E-state index contributed by atoms with van der Waals surface area (Å²) in [6.45, 7) is -1.01. The van der Waals surface area contributed by atoms with E-state index >= 15 is 0 Å². The molecular weight excluding hydrogens is 328 g/mol. The molecule has 1 aromatic carbocycles. The molecule has 132 valence electrons. The molecule has 0 spiro atoms. The molecule has 0 saturated carbocycles. The molecule has 1 aromatic heterocycles. The molecule has 0 aliphatic heterocycles. The summed E-state index contributed by atoms with van der Waals surface area (Å²) in [5, 5.41) is 2.77. The van der Waals surface area contributed by atoms with Crippen molar-refractivity contribution in [2.45, 2.75) is 6.54 Å². The van der Waals surface area contributed by atoms with E-state index in [9.17, 15) is 19.2 Å². The van der Waals surface area contributed by atoms with Crippen molar-refractivity contribution in [2.75, 3.05) is 27.2 Å². The summed E-state index contributed by atoms with van der Waals surface area (Å²) in [5.74, 6) is -1.61. The number of carbonyl (C=O) groups is 3. The lowest BCUT2D eigenvalue weighted by molar-refractivity contribution is -0.152. The van der Waals surface area contributed by atoms with Crippen molar-refractivity contribution in [2.24, 2.45) is 0 Å². The first-order chi connectivity index (χ1) is 11.9. The topological polar surface area (TPSA) is 111 Å². The molecule has 1 N–H and O–H groups in total. The highest BCUT2D eigenvalue weighted by Gasteiger charge is 2.15. The highest BCUT2D eigenvalue weighted by atomic mass is 16.5. The Morgan fingerprint density at radius 3 is 2.72 bits per heavy atom. The Kier molecular flexibility index (Phi) is 5.83. The third kappa shape index (κ3) is 4.63. The lowest BCUT2D eigenvalue weighted by atomic mass is 10.2. The number of nitrogens with one attached hydrogen (secondary N) is 1. The molecule has 9 nitrogen and oxygen atoms in total. The summed E-state index contributed by atoms with van der Waals surface area (Å²) in [6, 6.07) is 6.77. The van der Waals surface area contributed by atoms with Crippen LogP contribution in [0.4, 0.5) is 0 Å². The van der Waals surface area contributed by atoms with Crippen molar-refractivity contribution in [3.05, 3.63) is 40.9 Å². The Morgan fingerprint density at radius 1 is 1.28 bits per heavy atom. The number of likely N-dealkylation sites (N-methyl/N-ethyl adjacent to an activating group) is 2. The van der Waals surface area contributed by atoms with E-state index in [1.807, 2.05) is 0 Å². The van der Waals surface area contributed by atoms with Crippen molar-refractivity contribution in [1.29, 1.82) is 0 Å². The average Bonchev–Trinajstić information content (AvgIpc) is 2.62. The molecule has 0 saturated heterocycles. The standard InChI is InChI=1S/C16H18N4O5/c1-17-13(21)7-19(2)14(22)9-25-15(23)8-20-10-18-12-6-4-3-5-11(12)16(20)24/h3-6,10H,7-9H2,1-2H3,(H,17,21). The zero-order chi connectivity index (χ0) is 18.4. The van der Waals surface area contributed by atoms with E-state index in [4.69, 9.17) is 4.74 Å². The number of nitrogens with zero attached hydrogens (tertiary/aromatic N) is 3. The van der Waals surface area contributed by atoms with Gasteiger partial charge in [0, 0.05) is 14.1 Å². The molecule has 0 fully saturated rings. The van der Waals surface area contributed by atoms with Crippen LogP contribution in [0.15, 0.2) is 35.4 Å². The number of fused-ring (bicyclic) bond motifs is 1. The first kappa shape index (κ1) is 18.1. The monoisotopic (exact) mass is 346 g/mol. The van der Waals surface area contributed by atoms with Gasteiger partial charge in [-0.3, -0.25) is 23.7 Å². The lowest BCUT2D eigenvalue weighted by Gasteiger charge is -2.16. The minimum absolute atomic E-state index is 0.138. The van der Waals surface area contributed by atoms with Gasteiger partial charge < -0.3 is 15.0 Å². The van der Waals surface area contributed by atoms with Crippen LogP contribution in [0.1, 0.15) is 0 Å². The molecule has 0 aliphatic rings. The first-order valence-electron chi connectivity index (χ1n) is 7.46. The van der Waals surface area contributed by atoms with Crippen LogP contribution in [0.25, 0.3) is 10.9 Å². The summed E-state index contributed by atoms with van der Waals surface area (Å²) in [4.78, 5) is 52.3. The number of benzene rings is 1. The molecule has 1 heterocycles. The number of para-hydroxylation sites is 1. The number of carbonyl (C=O) groups excluding carboxylic acids is 3. The van der Waals surface area contributed by atoms with E-state index in [1.54, 1.807) is 24.3 Å². The Labute approximate surface area is 143 Å². The van der Waals surface area contributed by atoms with Gasteiger partial charge in [-0.1, -0.05) is 12.1 Å². The van der Waals surface area contributed by atoms with Gasteiger partial charge in [-0.15, -0.1) is 0 Å². The minimum atomic E-state index is -0.749. The molecule has 9 heteroatoms. The average molecular weight is 346 g/mol. The molecule has 2 rings (SSSR count). The van der Waals surface area contributed by atoms with Crippen molar-refractivity contribution in [1.82, 2.24) is 19.8 Å². The van der Waals surface area contributed by atoms with Crippen LogP contribution in [-0.2, 0) is 25.7 Å². The van der Waals surface area contributed by atoms with Gasteiger partial charge in [-0.2, -0.15) is 0 Å². The number of esters is 1. The maximum absolute atomic E-state index is 12.3. The van der Waals surface area contributed by atoms with Crippen LogP contribution in [0.3, 0.4) is 0 Å². The van der Waals surface area contributed by atoms with Gasteiger partial charge in [-0.25, -0.2) is 4.98 Å². The van der Waals surface area contributed by atoms with Crippen molar-refractivity contribution < 1.29 is 19.1 Å². The second-order valence-corrected chi connectivity index (χ2v) is 5.28. The molecule has 0 unspecified atom stereocenters. The third-order valence-corrected chi connectivity index (χ3v) is 3.47. The van der Waals surface area contributed by atoms with Crippen LogP contribution in [0.2, 0.25) is 0 Å². The zero-order valence-corrected chi connectivity index (χ0v) is 13.9. The number of hydrogen-bond donors (Lipinski definition) is 1. The fraction of sp³-hybridized carbons (Fsp3) is 0.312. The Hall–Kier alpha value is -3.23. The smallest absolute Gasteiger partial charge is 0.326 e. The number of hydrogen-bond acceptors (Lipinski definition) is 6.